The van der Waals surface area contributed by atoms with E-state index in [-0.39, 0.29) is 37.5 Å². The van der Waals surface area contributed by atoms with E-state index in [4.69, 9.17) is 9.79 Å². The van der Waals surface area contributed by atoms with Gasteiger partial charge in [0.15, 0.2) is 0 Å². The van der Waals surface area contributed by atoms with Gasteiger partial charge < -0.3 is 25.1 Å². The molecule has 5 N–H and O–H groups in total. The minimum Gasteiger partial charge on any atom is -0.369 e. The third-order valence-corrected chi connectivity index (χ3v) is 7.99. The van der Waals surface area contributed by atoms with E-state index in [0.29, 0.717) is 6.66 Å². The molecule has 0 aromatic heterocycles. The molecule has 0 aromatic carbocycles. The Labute approximate surface area is 135 Å². The number of hydrogen-bond donors (Lipinski definition) is 5. The van der Waals surface area contributed by atoms with Crippen molar-refractivity contribution in [3.8, 4) is 0 Å². The molecule has 0 aliphatic rings. The Morgan fingerprint density at radius 2 is 1.65 bits per heavy atom. The first-order chi connectivity index (χ1) is 10.2. The van der Waals surface area contributed by atoms with Crippen LogP contribution >= 0.6 is 15.0 Å². The van der Waals surface area contributed by atoms with Gasteiger partial charge >= 0.3 is 7.60 Å². The fourth-order valence-corrected chi connectivity index (χ4v) is 4.72. The van der Waals surface area contributed by atoms with Crippen molar-refractivity contribution >= 4 is 26.7 Å². The van der Waals surface area contributed by atoms with Gasteiger partial charge in [-0.25, -0.2) is 0 Å². The Morgan fingerprint density at radius 1 is 1.13 bits per heavy atom. The Balaban J connectivity index is 4.39. The highest BCUT2D eigenvalue weighted by atomic mass is 31.2. The Kier molecular flexibility index (Phi) is 8.30. The van der Waals surface area contributed by atoms with Gasteiger partial charge in [-0.15, -0.1) is 0 Å². The molecule has 2 unspecified atom stereocenters. The maximum Gasteiger partial charge on any atom is 0.366 e. The van der Waals surface area contributed by atoms with Gasteiger partial charge in [0.25, 0.3) is 0 Å². The molecule has 0 bridgehead atoms. The number of rotatable bonds is 10. The molecule has 23 heavy (non-hydrogen) atoms. The molecule has 0 fully saturated rings. The molecule has 136 valence electrons. The van der Waals surface area contributed by atoms with Gasteiger partial charge in [0.1, 0.15) is 5.78 Å². The van der Waals surface area contributed by atoms with Gasteiger partial charge in [0.2, 0.25) is 18.4 Å². The summed E-state index contributed by atoms with van der Waals surface area (Å²) in [5.74, 6) is -0.630. The topological polar surface area (TPSA) is 161 Å². The highest BCUT2D eigenvalue weighted by Gasteiger charge is 2.56. The lowest BCUT2D eigenvalue weighted by Crippen LogP contribution is -2.31. The predicted octanol–water partition coefficient (Wildman–Crippen LogP) is 0.612. The highest BCUT2D eigenvalue weighted by molar-refractivity contribution is 7.74. The van der Waals surface area contributed by atoms with Crippen molar-refractivity contribution in [1.82, 2.24) is 5.32 Å². The minimum atomic E-state index is -5.22. The molecule has 2 atom stereocenters. The normalized spacial score (nSPS) is 17.4. The summed E-state index contributed by atoms with van der Waals surface area (Å²) in [6.07, 6.45) is -0.667. The molecular weight excluding hydrogens is 348 g/mol. The smallest absolute Gasteiger partial charge is 0.366 e. The van der Waals surface area contributed by atoms with E-state index in [1.807, 2.05) is 0 Å². The molecule has 0 spiro atoms. The SMILES string of the molecule is CC(C)C(=O)CCC(=O)NCCCC(O)(P(C)(=O)O)P(=O)(O)O. The van der Waals surface area contributed by atoms with E-state index in [0.717, 1.165) is 0 Å². The molecule has 1 amide bonds. The zero-order valence-electron chi connectivity index (χ0n) is 13.4. The summed E-state index contributed by atoms with van der Waals surface area (Å²) in [4.78, 5) is 50.4. The summed E-state index contributed by atoms with van der Waals surface area (Å²) in [5.41, 5.74) is 0. The van der Waals surface area contributed by atoms with Crippen LogP contribution in [0.3, 0.4) is 0 Å². The first kappa shape index (κ1) is 22.4. The lowest BCUT2D eigenvalue weighted by atomic mass is 10.0. The molecule has 11 heteroatoms. The summed E-state index contributed by atoms with van der Waals surface area (Å²) in [5, 5.41) is 9.25. The Morgan fingerprint density at radius 3 is 2.04 bits per heavy atom. The zero-order chi connectivity index (χ0) is 18.5. The van der Waals surface area contributed by atoms with E-state index >= 15 is 0 Å². The third kappa shape index (κ3) is 6.83. The number of hydrogen-bond acceptors (Lipinski definition) is 5. The molecule has 9 nitrogen and oxygen atoms in total. The minimum absolute atomic E-state index is 0.00789. The zero-order valence-corrected chi connectivity index (χ0v) is 15.2. The first-order valence-electron chi connectivity index (χ1n) is 7.10. The molecule has 0 aliphatic heterocycles. The van der Waals surface area contributed by atoms with Crippen molar-refractivity contribution in [2.75, 3.05) is 13.2 Å². The molecule has 0 aromatic rings. The fourth-order valence-electron chi connectivity index (χ4n) is 1.76. The van der Waals surface area contributed by atoms with Crippen LogP contribution in [0.15, 0.2) is 0 Å². The van der Waals surface area contributed by atoms with Crippen molar-refractivity contribution < 1.29 is 38.5 Å². The van der Waals surface area contributed by atoms with E-state index in [2.05, 4.69) is 5.32 Å². The Hall–Kier alpha value is -0.560. The van der Waals surface area contributed by atoms with Gasteiger partial charge in [-0.05, 0) is 12.8 Å². The lowest BCUT2D eigenvalue weighted by Gasteiger charge is -2.30. The van der Waals surface area contributed by atoms with Crippen LogP contribution in [0.25, 0.3) is 0 Å². The first-order valence-corrected chi connectivity index (χ1v) is 10.8. The molecule has 0 radical (unpaired) electrons. The second-order valence-corrected chi connectivity index (χ2v) is 10.5. The average Bonchev–Trinajstić information content (AvgIpc) is 2.37. The summed E-state index contributed by atoms with van der Waals surface area (Å²) in [6, 6.07) is 0. The standard InChI is InChI=1S/C12H25NO8P2/c1-9(2)10(14)5-6-11(15)13-8-4-7-12(16,22(3,17)18)23(19,20)21/h9,16H,4-8H2,1-3H3,(H,13,15)(H,17,18)(H2,19,20,21). The van der Waals surface area contributed by atoms with Crippen LogP contribution < -0.4 is 5.32 Å². The van der Waals surface area contributed by atoms with Crippen LogP contribution in [0.2, 0.25) is 0 Å². The number of carbonyl (C=O) groups is 2. The summed E-state index contributed by atoms with van der Waals surface area (Å²) in [7, 11) is -9.70. The average molecular weight is 373 g/mol. The van der Waals surface area contributed by atoms with Gasteiger partial charge in [-0.2, -0.15) is 0 Å². The summed E-state index contributed by atoms with van der Waals surface area (Å²) < 4.78 is 22.8. The number of ketones is 1. The second kappa shape index (κ2) is 8.51. The quantitative estimate of drug-likeness (QED) is 0.275. The van der Waals surface area contributed by atoms with E-state index < -0.39 is 32.4 Å². The van der Waals surface area contributed by atoms with Crippen LogP contribution in [-0.2, 0) is 18.7 Å². The van der Waals surface area contributed by atoms with Crippen LogP contribution in [-0.4, -0.2) is 49.8 Å². The summed E-state index contributed by atoms with van der Waals surface area (Å²) in [6.45, 7) is 4.07. The van der Waals surface area contributed by atoms with Crippen LogP contribution in [0.4, 0.5) is 0 Å². The number of nitrogens with one attached hydrogen (secondary N) is 1. The molecular formula is C12H25NO8P2. The van der Waals surface area contributed by atoms with E-state index in [1.165, 1.54) is 0 Å². The maximum absolute atomic E-state index is 11.5. The lowest BCUT2D eigenvalue weighted by molar-refractivity contribution is -0.126. The fraction of sp³-hybridized carbons (Fsp3) is 0.833. The number of aliphatic hydroxyl groups is 1. The molecule has 0 rings (SSSR count). The molecule has 0 saturated heterocycles. The number of carbonyl (C=O) groups excluding carboxylic acids is 2. The van der Waals surface area contributed by atoms with E-state index in [9.17, 15) is 28.7 Å². The van der Waals surface area contributed by atoms with Crippen LogP contribution in [0.5, 0.6) is 0 Å². The Bertz CT molecular complexity index is 499. The molecule has 0 aliphatic carbocycles. The van der Waals surface area contributed by atoms with Crippen LogP contribution in [0.1, 0.15) is 39.5 Å². The molecule has 0 heterocycles. The van der Waals surface area contributed by atoms with Crippen molar-refractivity contribution in [1.29, 1.82) is 0 Å². The van der Waals surface area contributed by atoms with Gasteiger partial charge in [-0.1, -0.05) is 13.8 Å². The second-order valence-electron chi connectivity index (χ2n) is 5.77. The number of amides is 1. The largest absolute Gasteiger partial charge is 0.369 e. The van der Waals surface area contributed by atoms with Crippen molar-refractivity contribution in [2.24, 2.45) is 5.92 Å². The maximum atomic E-state index is 11.5. The van der Waals surface area contributed by atoms with Gasteiger partial charge in [0.05, 0.1) is 0 Å². The molecule has 0 saturated carbocycles. The number of Topliss-reactive ketones (excluding diaryl/α,β-unsaturated/α-hetero) is 1. The van der Waals surface area contributed by atoms with Crippen molar-refractivity contribution in [2.45, 2.75) is 44.6 Å². The third-order valence-electron chi connectivity index (χ3n) is 3.38. The monoisotopic (exact) mass is 373 g/mol. The van der Waals surface area contributed by atoms with Gasteiger partial charge in [-0.3, -0.25) is 18.7 Å². The van der Waals surface area contributed by atoms with E-state index in [1.54, 1.807) is 13.8 Å². The highest BCUT2D eigenvalue weighted by Crippen LogP contribution is 2.69. The van der Waals surface area contributed by atoms with Crippen molar-refractivity contribution in [3.63, 3.8) is 0 Å². The summed E-state index contributed by atoms with van der Waals surface area (Å²) >= 11 is 0. The predicted molar refractivity (Wildman–Crippen MR) is 84.1 cm³/mol. The van der Waals surface area contributed by atoms with Crippen LogP contribution in [0, 0.1) is 5.92 Å². The van der Waals surface area contributed by atoms with Gasteiger partial charge in [0, 0.05) is 32.0 Å². The van der Waals surface area contributed by atoms with Crippen molar-refractivity contribution in [3.05, 3.63) is 0 Å².